The van der Waals surface area contributed by atoms with Crippen LogP contribution in [-0.2, 0) is 11.2 Å². The molecule has 0 aliphatic carbocycles. The Hall–Kier alpha value is -3.80. The number of fused-ring (bicyclic) bond motifs is 1. The molecule has 6 heteroatoms. The summed E-state index contributed by atoms with van der Waals surface area (Å²) in [5, 5.41) is 0.582. The van der Waals surface area contributed by atoms with Gasteiger partial charge in [-0.25, -0.2) is 13.6 Å². The maximum Gasteiger partial charge on any atom is 0.340 e. The molecule has 0 amide bonds. The molecule has 0 saturated carbocycles. The fraction of sp³-hybridized carbons (Fsp3) is 0.154. The normalized spacial score (nSPS) is 11.0. The third-order valence-corrected chi connectivity index (χ3v) is 5.38. The molecular weight excluding hydrogens is 414 g/mol. The summed E-state index contributed by atoms with van der Waals surface area (Å²) in [5.41, 5.74) is 3.59. The van der Waals surface area contributed by atoms with Crippen molar-refractivity contribution in [2.45, 2.75) is 19.8 Å². The molecule has 0 N–H and O–H groups in total. The van der Waals surface area contributed by atoms with Crippen LogP contribution in [0.3, 0.4) is 0 Å². The topological polar surface area (TPSA) is 56.5 Å². The van der Waals surface area contributed by atoms with E-state index < -0.39 is 11.8 Å². The summed E-state index contributed by atoms with van der Waals surface area (Å²) < 4.78 is 38.2. The Labute approximate surface area is 183 Å². The van der Waals surface area contributed by atoms with Crippen molar-refractivity contribution in [3.8, 4) is 22.5 Å². The first kappa shape index (κ1) is 21.4. The number of carbonyl (C=O) groups excluding carboxylic acids is 2. The number of esters is 1. The van der Waals surface area contributed by atoms with Gasteiger partial charge in [-0.2, -0.15) is 0 Å². The van der Waals surface area contributed by atoms with Gasteiger partial charge in [0.1, 0.15) is 23.0 Å². The van der Waals surface area contributed by atoms with Gasteiger partial charge in [-0.05, 0) is 71.6 Å². The lowest BCUT2D eigenvalue weighted by Gasteiger charge is -2.11. The Balaban J connectivity index is 1.95. The summed E-state index contributed by atoms with van der Waals surface area (Å²) in [6, 6.07) is 13.6. The van der Waals surface area contributed by atoms with Gasteiger partial charge < -0.3 is 9.15 Å². The van der Waals surface area contributed by atoms with Gasteiger partial charge in [0.15, 0.2) is 6.29 Å². The van der Waals surface area contributed by atoms with Gasteiger partial charge in [-0.15, -0.1) is 0 Å². The van der Waals surface area contributed by atoms with E-state index in [0.717, 1.165) is 17.5 Å². The molecule has 32 heavy (non-hydrogen) atoms. The molecule has 4 aromatic rings. The summed E-state index contributed by atoms with van der Waals surface area (Å²) >= 11 is 0. The number of aryl methyl sites for hydroxylation is 1. The molecule has 1 aromatic heterocycles. The lowest BCUT2D eigenvalue weighted by Crippen LogP contribution is -2.04. The number of rotatable bonds is 6. The fourth-order valence-electron chi connectivity index (χ4n) is 3.84. The molecule has 3 aromatic carbocycles. The maximum atomic E-state index is 14.2. The van der Waals surface area contributed by atoms with E-state index in [2.05, 4.69) is 4.74 Å². The second kappa shape index (κ2) is 8.75. The minimum Gasteiger partial charge on any atom is -0.465 e. The molecule has 4 nitrogen and oxygen atoms in total. The molecule has 0 spiro atoms. The van der Waals surface area contributed by atoms with Gasteiger partial charge in [0.2, 0.25) is 0 Å². The van der Waals surface area contributed by atoms with E-state index in [1.54, 1.807) is 18.2 Å². The van der Waals surface area contributed by atoms with E-state index in [-0.39, 0.29) is 11.4 Å². The SMILES string of the molecule is CCCc1cc2oc(-c3ccc(F)cc3)c(C=O)c2cc1-c1ccc(F)c(C(=O)OC)c1. The minimum atomic E-state index is -0.766. The van der Waals surface area contributed by atoms with E-state index >= 15 is 0 Å². The predicted molar refractivity (Wildman–Crippen MR) is 118 cm³/mol. The quantitative estimate of drug-likeness (QED) is 0.254. The summed E-state index contributed by atoms with van der Waals surface area (Å²) in [5.74, 6) is -1.47. The number of ether oxygens (including phenoxy) is 1. The van der Waals surface area contributed by atoms with Crippen molar-refractivity contribution < 1.29 is 27.5 Å². The van der Waals surface area contributed by atoms with Crippen molar-refractivity contribution in [2.24, 2.45) is 0 Å². The number of hydrogen-bond acceptors (Lipinski definition) is 4. The molecule has 1 heterocycles. The highest BCUT2D eigenvalue weighted by Crippen LogP contribution is 2.38. The molecule has 0 unspecified atom stereocenters. The second-order valence-corrected chi connectivity index (χ2v) is 7.41. The lowest BCUT2D eigenvalue weighted by molar-refractivity contribution is 0.0595. The number of halogens is 2. The zero-order valence-corrected chi connectivity index (χ0v) is 17.6. The number of aldehydes is 1. The number of carbonyl (C=O) groups is 2. The van der Waals surface area contributed by atoms with E-state index in [0.29, 0.717) is 46.1 Å². The average Bonchev–Trinajstić information content (AvgIpc) is 3.16. The number of hydrogen-bond donors (Lipinski definition) is 0. The molecule has 0 radical (unpaired) electrons. The molecule has 0 atom stereocenters. The van der Waals surface area contributed by atoms with Gasteiger partial charge in [0, 0.05) is 10.9 Å². The molecule has 0 aliphatic rings. The third-order valence-electron chi connectivity index (χ3n) is 5.38. The molecular formula is C26H20F2O4. The molecule has 0 bridgehead atoms. The largest absolute Gasteiger partial charge is 0.465 e. The molecule has 0 fully saturated rings. The first-order chi connectivity index (χ1) is 15.5. The fourth-order valence-corrected chi connectivity index (χ4v) is 3.84. The highest BCUT2D eigenvalue weighted by molar-refractivity contribution is 6.04. The van der Waals surface area contributed by atoms with Crippen LogP contribution in [0.5, 0.6) is 0 Å². The first-order valence-electron chi connectivity index (χ1n) is 10.2. The highest BCUT2D eigenvalue weighted by atomic mass is 19.1. The van der Waals surface area contributed by atoms with E-state index in [4.69, 9.17) is 4.42 Å². The number of furan rings is 1. The second-order valence-electron chi connectivity index (χ2n) is 7.41. The van der Waals surface area contributed by atoms with Crippen molar-refractivity contribution >= 4 is 23.2 Å². The maximum absolute atomic E-state index is 14.2. The van der Waals surface area contributed by atoms with Crippen molar-refractivity contribution in [1.82, 2.24) is 0 Å². The van der Waals surface area contributed by atoms with Crippen LogP contribution >= 0.6 is 0 Å². The van der Waals surface area contributed by atoms with Crippen molar-refractivity contribution in [3.05, 3.63) is 82.9 Å². The standard InChI is InChI=1S/C26H20F2O4/c1-3-4-16-12-24-20(22(14-29)25(32-24)15-5-8-18(27)9-6-15)13-19(16)17-7-10-23(28)21(11-17)26(30)31-2/h5-14H,3-4H2,1-2H3. The molecule has 4 rings (SSSR count). The zero-order chi connectivity index (χ0) is 22.8. The third kappa shape index (κ3) is 3.80. The van der Waals surface area contributed by atoms with Crippen molar-refractivity contribution in [2.75, 3.05) is 7.11 Å². The van der Waals surface area contributed by atoms with Crippen LogP contribution in [0.2, 0.25) is 0 Å². The van der Waals surface area contributed by atoms with Crippen LogP contribution in [-0.4, -0.2) is 19.4 Å². The first-order valence-corrected chi connectivity index (χ1v) is 10.2. The molecule has 162 valence electrons. The predicted octanol–water partition coefficient (Wildman–Crippen LogP) is 6.60. The smallest absolute Gasteiger partial charge is 0.340 e. The molecule has 0 saturated heterocycles. The number of benzene rings is 3. The van der Waals surface area contributed by atoms with E-state index in [9.17, 15) is 18.4 Å². The summed E-state index contributed by atoms with van der Waals surface area (Å²) in [4.78, 5) is 24.0. The number of methoxy groups -OCH3 is 1. The average molecular weight is 434 g/mol. The van der Waals surface area contributed by atoms with Crippen LogP contribution in [0.4, 0.5) is 8.78 Å². The van der Waals surface area contributed by atoms with Gasteiger partial charge in [0.25, 0.3) is 0 Å². The summed E-state index contributed by atoms with van der Waals surface area (Å²) in [7, 11) is 1.20. The Morgan fingerprint density at radius 1 is 1.03 bits per heavy atom. The van der Waals surface area contributed by atoms with Gasteiger partial charge >= 0.3 is 5.97 Å². The van der Waals surface area contributed by atoms with Crippen molar-refractivity contribution in [3.63, 3.8) is 0 Å². The van der Waals surface area contributed by atoms with Crippen LogP contribution in [0.1, 0.15) is 39.6 Å². The highest BCUT2D eigenvalue weighted by Gasteiger charge is 2.20. The van der Waals surface area contributed by atoms with E-state index in [1.165, 1.54) is 31.4 Å². The van der Waals surface area contributed by atoms with Crippen LogP contribution < -0.4 is 0 Å². The Morgan fingerprint density at radius 3 is 2.41 bits per heavy atom. The van der Waals surface area contributed by atoms with Crippen LogP contribution in [0.25, 0.3) is 33.4 Å². The Bertz CT molecular complexity index is 1320. The van der Waals surface area contributed by atoms with E-state index in [1.807, 2.05) is 19.1 Å². The van der Waals surface area contributed by atoms with Crippen LogP contribution in [0.15, 0.2) is 59.0 Å². The summed E-state index contributed by atoms with van der Waals surface area (Å²) in [6.45, 7) is 2.03. The van der Waals surface area contributed by atoms with Gasteiger partial charge in [-0.1, -0.05) is 19.4 Å². The zero-order valence-electron chi connectivity index (χ0n) is 17.6. The minimum absolute atomic E-state index is 0.164. The van der Waals surface area contributed by atoms with Gasteiger partial charge in [0.05, 0.1) is 18.2 Å². The van der Waals surface area contributed by atoms with Crippen LogP contribution in [0, 0.1) is 11.6 Å². The monoisotopic (exact) mass is 434 g/mol. The Kier molecular flexibility index (Phi) is 5.86. The Morgan fingerprint density at radius 2 is 1.75 bits per heavy atom. The molecule has 0 aliphatic heterocycles. The summed E-state index contributed by atoms with van der Waals surface area (Å²) in [6.07, 6.45) is 2.26. The van der Waals surface area contributed by atoms with Gasteiger partial charge in [-0.3, -0.25) is 4.79 Å². The lowest BCUT2D eigenvalue weighted by atomic mass is 9.93. The van der Waals surface area contributed by atoms with Crippen molar-refractivity contribution in [1.29, 1.82) is 0 Å².